The summed E-state index contributed by atoms with van der Waals surface area (Å²) in [5.41, 5.74) is 5.43. The highest BCUT2D eigenvalue weighted by Gasteiger charge is 2.20. The number of hydrogen-bond donors (Lipinski definition) is 2. The molecule has 0 amide bonds. The molecule has 148 valence electrons. The van der Waals surface area contributed by atoms with Crippen molar-refractivity contribution in [3.05, 3.63) is 70.6 Å². The smallest absolute Gasteiger partial charge is 0.272 e. The first-order valence-corrected chi connectivity index (χ1v) is 11.4. The number of fused-ring (bicyclic) bond motifs is 1. The van der Waals surface area contributed by atoms with Crippen molar-refractivity contribution < 1.29 is 8.42 Å². The molecule has 0 aliphatic rings. The molecule has 4 rings (SSSR count). The van der Waals surface area contributed by atoms with Crippen LogP contribution in [0.3, 0.4) is 0 Å². The molecule has 8 heteroatoms. The summed E-state index contributed by atoms with van der Waals surface area (Å²) in [5, 5.41) is 5.02. The summed E-state index contributed by atoms with van der Waals surface area (Å²) in [5.74, 6) is 0.523. The van der Waals surface area contributed by atoms with Crippen molar-refractivity contribution in [2.75, 3.05) is 10.0 Å². The first-order valence-electron chi connectivity index (χ1n) is 9.01. The van der Waals surface area contributed by atoms with Crippen LogP contribution in [0, 0.1) is 20.8 Å². The Hall–Kier alpha value is -2.97. The summed E-state index contributed by atoms with van der Waals surface area (Å²) in [6.07, 6.45) is 0. The van der Waals surface area contributed by atoms with Crippen molar-refractivity contribution in [2.24, 2.45) is 0 Å². The second-order valence-electron chi connectivity index (χ2n) is 6.85. The number of nitrogens with zero attached hydrogens (tertiary/aromatic N) is 2. The van der Waals surface area contributed by atoms with E-state index in [1.807, 2.05) is 39.0 Å². The maximum Gasteiger partial charge on any atom is 0.272 e. The van der Waals surface area contributed by atoms with Gasteiger partial charge in [-0.25, -0.2) is 18.4 Å². The van der Waals surface area contributed by atoms with Crippen LogP contribution in [0.5, 0.6) is 0 Å². The summed E-state index contributed by atoms with van der Waals surface area (Å²) >= 11 is 1.15. The van der Waals surface area contributed by atoms with Gasteiger partial charge in [-0.3, -0.25) is 4.72 Å². The molecule has 2 heterocycles. The fourth-order valence-electron chi connectivity index (χ4n) is 3.25. The van der Waals surface area contributed by atoms with Gasteiger partial charge in [-0.1, -0.05) is 35.9 Å². The van der Waals surface area contributed by atoms with Gasteiger partial charge in [0.15, 0.2) is 11.6 Å². The molecule has 0 atom stereocenters. The van der Waals surface area contributed by atoms with Crippen LogP contribution in [0.25, 0.3) is 11.0 Å². The lowest BCUT2D eigenvalue weighted by atomic mass is 10.1. The van der Waals surface area contributed by atoms with Gasteiger partial charge in [0.05, 0.1) is 11.0 Å². The first-order chi connectivity index (χ1) is 13.8. The van der Waals surface area contributed by atoms with Crippen LogP contribution in [0.1, 0.15) is 16.7 Å². The largest absolute Gasteiger partial charge is 0.337 e. The topological polar surface area (TPSA) is 84.0 Å². The van der Waals surface area contributed by atoms with Crippen LogP contribution in [-0.2, 0) is 10.0 Å². The summed E-state index contributed by atoms with van der Waals surface area (Å²) < 4.78 is 28.4. The molecule has 0 aliphatic heterocycles. The molecule has 0 saturated heterocycles. The predicted molar refractivity (Wildman–Crippen MR) is 119 cm³/mol. The van der Waals surface area contributed by atoms with Crippen molar-refractivity contribution in [2.45, 2.75) is 25.0 Å². The Morgan fingerprint density at radius 1 is 0.862 bits per heavy atom. The Morgan fingerprint density at radius 3 is 2.07 bits per heavy atom. The van der Waals surface area contributed by atoms with Gasteiger partial charge >= 0.3 is 0 Å². The number of aryl methyl sites for hydroxylation is 3. The zero-order valence-electron chi connectivity index (χ0n) is 16.2. The van der Waals surface area contributed by atoms with Crippen LogP contribution in [0.4, 0.5) is 17.3 Å². The van der Waals surface area contributed by atoms with E-state index in [0.29, 0.717) is 16.9 Å². The highest BCUT2D eigenvalue weighted by Crippen LogP contribution is 2.31. The van der Waals surface area contributed by atoms with Crippen LogP contribution < -0.4 is 10.0 Å². The van der Waals surface area contributed by atoms with E-state index >= 15 is 0 Å². The third-order valence-electron chi connectivity index (χ3n) is 4.48. The average molecular weight is 425 g/mol. The van der Waals surface area contributed by atoms with E-state index in [-0.39, 0.29) is 10.0 Å². The summed E-state index contributed by atoms with van der Waals surface area (Å²) in [7, 11) is -3.75. The monoisotopic (exact) mass is 424 g/mol. The molecular weight excluding hydrogens is 404 g/mol. The molecule has 29 heavy (non-hydrogen) atoms. The number of anilines is 3. The van der Waals surface area contributed by atoms with Gasteiger partial charge in [0.1, 0.15) is 4.21 Å². The third kappa shape index (κ3) is 3.94. The molecule has 0 spiro atoms. The number of para-hydroxylation sites is 2. The predicted octanol–water partition coefficient (Wildman–Crippen LogP) is 5.16. The van der Waals surface area contributed by atoms with E-state index in [0.717, 1.165) is 33.7 Å². The highest BCUT2D eigenvalue weighted by atomic mass is 32.2. The SMILES string of the molecule is Cc1cc(C)c(Nc2nc3ccccc3nc2NS(=O)(=O)c2cccs2)c(C)c1. The van der Waals surface area contributed by atoms with Crippen molar-refractivity contribution in [3.8, 4) is 0 Å². The van der Waals surface area contributed by atoms with E-state index in [9.17, 15) is 8.42 Å². The fourth-order valence-corrected chi connectivity index (χ4v) is 5.25. The zero-order valence-corrected chi connectivity index (χ0v) is 17.9. The fraction of sp³-hybridized carbons (Fsp3) is 0.143. The summed E-state index contributed by atoms with van der Waals surface area (Å²) in [4.78, 5) is 9.18. The standard InChI is InChI=1S/C21H20N4O2S2/c1-13-11-14(2)19(15(3)12-13)24-20-21(23-17-8-5-4-7-16(17)22-20)25-29(26,27)18-9-6-10-28-18/h4-12H,1-3H3,(H,22,24)(H,23,25). The van der Waals surface area contributed by atoms with Crippen LogP contribution in [0.2, 0.25) is 0 Å². The van der Waals surface area contributed by atoms with E-state index in [2.05, 4.69) is 32.1 Å². The van der Waals surface area contributed by atoms with Gasteiger partial charge in [0.2, 0.25) is 0 Å². The highest BCUT2D eigenvalue weighted by molar-refractivity contribution is 7.94. The molecule has 2 N–H and O–H groups in total. The lowest BCUT2D eigenvalue weighted by Crippen LogP contribution is -2.15. The quantitative estimate of drug-likeness (QED) is 0.462. The Kier molecular flexibility index (Phi) is 4.97. The third-order valence-corrected chi connectivity index (χ3v) is 7.22. The molecule has 0 saturated carbocycles. The van der Waals surface area contributed by atoms with Gasteiger partial charge in [0.25, 0.3) is 10.0 Å². The number of benzene rings is 2. The molecule has 0 fully saturated rings. The Bertz CT molecular complexity index is 1280. The average Bonchev–Trinajstić information content (AvgIpc) is 3.20. The second kappa shape index (κ2) is 7.46. The van der Waals surface area contributed by atoms with E-state index in [1.165, 1.54) is 0 Å². The molecule has 0 bridgehead atoms. The Labute approximate surface area is 173 Å². The van der Waals surface area contributed by atoms with Gasteiger partial charge in [-0.05, 0) is 55.5 Å². The van der Waals surface area contributed by atoms with Crippen LogP contribution in [0.15, 0.2) is 58.1 Å². The molecule has 6 nitrogen and oxygen atoms in total. The van der Waals surface area contributed by atoms with Crippen molar-refractivity contribution in [3.63, 3.8) is 0 Å². The molecule has 2 aromatic carbocycles. The zero-order chi connectivity index (χ0) is 20.6. The Balaban J connectivity index is 1.83. The maximum absolute atomic E-state index is 12.8. The minimum absolute atomic E-state index is 0.163. The van der Waals surface area contributed by atoms with Crippen molar-refractivity contribution in [1.82, 2.24) is 9.97 Å². The van der Waals surface area contributed by atoms with Crippen molar-refractivity contribution >= 4 is 49.7 Å². The number of rotatable bonds is 5. The van der Waals surface area contributed by atoms with Crippen LogP contribution >= 0.6 is 11.3 Å². The maximum atomic E-state index is 12.8. The Morgan fingerprint density at radius 2 is 1.48 bits per heavy atom. The normalized spacial score (nSPS) is 11.6. The number of hydrogen-bond acceptors (Lipinski definition) is 6. The second-order valence-corrected chi connectivity index (χ2v) is 9.70. The van der Waals surface area contributed by atoms with Gasteiger partial charge < -0.3 is 5.32 Å². The molecule has 0 aliphatic carbocycles. The number of aromatic nitrogens is 2. The molecule has 4 aromatic rings. The summed E-state index contributed by atoms with van der Waals surface area (Å²) in [6, 6.07) is 14.8. The van der Waals surface area contributed by atoms with E-state index in [1.54, 1.807) is 23.6 Å². The number of nitrogens with one attached hydrogen (secondary N) is 2. The first kappa shape index (κ1) is 19.4. The van der Waals surface area contributed by atoms with Gasteiger partial charge in [0, 0.05) is 5.69 Å². The lowest BCUT2D eigenvalue weighted by Gasteiger charge is -2.16. The molecule has 2 aromatic heterocycles. The lowest BCUT2D eigenvalue weighted by molar-refractivity contribution is 0.603. The molecule has 0 radical (unpaired) electrons. The molecular formula is C21H20N4O2S2. The number of thiophene rings is 1. The minimum Gasteiger partial charge on any atom is -0.337 e. The van der Waals surface area contributed by atoms with E-state index < -0.39 is 10.0 Å². The summed E-state index contributed by atoms with van der Waals surface area (Å²) in [6.45, 7) is 6.05. The minimum atomic E-state index is -3.75. The number of sulfonamides is 1. The van der Waals surface area contributed by atoms with Crippen molar-refractivity contribution in [1.29, 1.82) is 0 Å². The molecule has 0 unspecified atom stereocenters. The van der Waals surface area contributed by atoms with Gasteiger partial charge in [-0.15, -0.1) is 11.3 Å². The van der Waals surface area contributed by atoms with E-state index in [4.69, 9.17) is 0 Å². The van der Waals surface area contributed by atoms with Crippen LogP contribution in [-0.4, -0.2) is 18.4 Å². The van der Waals surface area contributed by atoms with Gasteiger partial charge in [-0.2, -0.15) is 0 Å².